The van der Waals surface area contributed by atoms with E-state index >= 15 is 0 Å². The number of nitrogens with two attached hydrogens (primary N) is 1. The van der Waals surface area contributed by atoms with Crippen molar-refractivity contribution in [2.45, 2.75) is 20.0 Å². The fourth-order valence-electron chi connectivity index (χ4n) is 1.85. The van der Waals surface area contributed by atoms with Crippen LogP contribution < -0.4 is 5.73 Å². The summed E-state index contributed by atoms with van der Waals surface area (Å²) in [6, 6.07) is 0. The van der Waals surface area contributed by atoms with E-state index in [1.165, 1.54) is 4.68 Å². The van der Waals surface area contributed by atoms with Crippen LogP contribution in [0.2, 0.25) is 0 Å². The number of imide groups is 1. The molecule has 1 aliphatic rings. The van der Waals surface area contributed by atoms with Crippen molar-refractivity contribution in [3.05, 3.63) is 11.4 Å². The summed E-state index contributed by atoms with van der Waals surface area (Å²) in [6.45, 7) is 1.91. The Bertz CT molecular complexity index is 569. The van der Waals surface area contributed by atoms with Gasteiger partial charge in [-0.2, -0.15) is 0 Å². The SMILES string of the molecule is CCOC(=O)c1nnn(CC(=O)N2CCOC2=O)c1CN. The highest BCUT2D eigenvalue weighted by atomic mass is 16.6. The number of esters is 1. The molecule has 0 radical (unpaired) electrons. The number of carbonyl (C=O) groups is 3. The average molecular weight is 297 g/mol. The van der Waals surface area contributed by atoms with Gasteiger partial charge in [0.15, 0.2) is 5.69 Å². The Kier molecular flexibility index (Phi) is 4.48. The van der Waals surface area contributed by atoms with Gasteiger partial charge in [0.25, 0.3) is 5.91 Å². The van der Waals surface area contributed by atoms with Gasteiger partial charge in [-0.1, -0.05) is 5.21 Å². The molecule has 0 aromatic carbocycles. The summed E-state index contributed by atoms with van der Waals surface area (Å²) in [7, 11) is 0. The molecule has 0 saturated carbocycles. The molecule has 1 saturated heterocycles. The zero-order chi connectivity index (χ0) is 15.4. The Balaban J connectivity index is 2.15. The van der Waals surface area contributed by atoms with Crippen molar-refractivity contribution in [2.24, 2.45) is 5.73 Å². The highest BCUT2D eigenvalue weighted by Crippen LogP contribution is 2.09. The summed E-state index contributed by atoms with van der Waals surface area (Å²) in [5.41, 5.74) is 5.80. The molecule has 10 nitrogen and oxygen atoms in total. The highest BCUT2D eigenvalue weighted by Gasteiger charge is 2.30. The van der Waals surface area contributed by atoms with Gasteiger partial charge in [-0.15, -0.1) is 5.10 Å². The van der Waals surface area contributed by atoms with Gasteiger partial charge in [0.2, 0.25) is 0 Å². The summed E-state index contributed by atoms with van der Waals surface area (Å²) in [6.07, 6.45) is -0.694. The van der Waals surface area contributed by atoms with Crippen molar-refractivity contribution < 1.29 is 23.9 Å². The number of ether oxygens (including phenoxy) is 2. The Hall–Kier alpha value is -2.49. The van der Waals surface area contributed by atoms with Gasteiger partial charge in [-0.25, -0.2) is 19.2 Å². The van der Waals surface area contributed by atoms with E-state index in [1.807, 2.05) is 0 Å². The molecular weight excluding hydrogens is 282 g/mol. The second kappa shape index (κ2) is 6.31. The third-order valence-electron chi connectivity index (χ3n) is 2.85. The number of nitrogens with zero attached hydrogens (tertiary/aromatic N) is 4. The summed E-state index contributed by atoms with van der Waals surface area (Å²) >= 11 is 0. The molecule has 1 fully saturated rings. The van der Waals surface area contributed by atoms with E-state index in [0.717, 1.165) is 4.90 Å². The maximum atomic E-state index is 12.0. The van der Waals surface area contributed by atoms with Crippen LogP contribution >= 0.6 is 0 Å². The van der Waals surface area contributed by atoms with Crippen LogP contribution in [0.1, 0.15) is 23.1 Å². The molecule has 2 rings (SSSR count). The fraction of sp³-hybridized carbons (Fsp3) is 0.545. The zero-order valence-corrected chi connectivity index (χ0v) is 11.4. The molecule has 1 aromatic rings. The number of aromatic nitrogens is 3. The first-order valence-corrected chi connectivity index (χ1v) is 6.35. The molecule has 0 spiro atoms. The van der Waals surface area contributed by atoms with Crippen LogP contribution in [0.15, 0.2) is 0 Å². The van der Waals surface area contributed by atoms with E-state index in [-0.39, 0.29) is 44.2 Å². The van der Waals surface area contributed by atoms with Gasteiger partial charge in [-0.05, 0) is 6.92 Å². The maximum Gasteiger partial charge on any atom is 0.416 e. The first-order valence-electron chi connectivity index (χ1n) is 6.35. The number of cyclic esters (lactones) is 1. The number of amides is 2. The molecule has 21 heavy (non-hydrogen) atoms. The summed E-state index contributed by atoms with van der Waals surface area (Å²) < 4.78 is 10.7. The van der Waals surface area contributed by atoms with Crippen LogP contribution in [0.3, 0.4) is 0 Å². The molecule has 2 N–H and O–H groups in total. The standard InChI is InChI=1S/C11H15N5O5/c1-2-20-10(18)9-7(5-12)16(14-13-9)6-8(17)15-3-4-21-11(15)19/h2-6,12H2,1H3. The van der Waals surface area contributed by atoms with Gasteiger partial charge in [-0.3, -0.25) is 4.79 Å². The van der Waals surface area contributed by atoms with Crippen molar-refractivity contribution in [1.82, 2.24) is 19.9 Å². The predicted octanol–water partition coefficient (Wildman–Crippen LogP) is -1.11. The highest BCUT2D eigenvalue weighted by molar-refractivity contribution is 5.93. The van der Waals surface area contributed by atoms with Crippen molar-refractivity contribution in [3.63, 3.8) is 0 Å². The van der Waals surface area contributed by atoms with E-state index in [4.69, 9.17) is 10.5 Å². The van der Waals surface area contributed by atoms with Crippen LogP contribution in [0.4, 0.5) is 4.79 Å². The third kappa shape index (κ3) is 2.99. The van der Waals surface area contributed by atoms with Gasteiger partial charge in [0.05, 0.1) is 18.8 Å². The van der Waals surface area contributed by atoms with Crippen LogP contribution in [0.5, 0.6) is 0 Å². The van der Waals surface area contributed by atoms with Crippen LogP contribution in [-0.2, 0) is 27.4 Å². The van der Waals surface area contributed by atoms with Gasteiger partial charge >= 0.3 is 12.1 Å². The van der Waals surface area contributed by atoms with E-state index in [1.54, 1.807) is 6.92 Å². The molecule has 0 atom stereocenters. The smallest absolute Gasteiger partial charge is 0.416 e. The zero-order valence-electron chi connectivity index (χ0n) is 11.4. The van der Waals surface area contributed by atoms with Crippen LogP contribution in [-0.4, -0.2) is 57.6 Å². The van der Waals surface area contributed by atoms with Crippen LogP contribution in [0.25, 0.3) is 0 Å². The molecule has 2 heterocycles. The van der Waals surface area contributed by atoms with Crippen LogP contribution in [0, 0.1) is 0 Å². The minimum absolute atomic E-state index is 0.0313. The van der Waals surface area contributed by atoms with E-state index in [0.29, 0.717) is 0 Å². The molecule has 0 unspecified atom stereocenters. The molecule has 0 aliphatic carbocycles. The average Bonchev–Trinajstić information content (AvgIpc) is 3.05. The van der Waals surface area contributed by atoms with E-state index in [2.05, 4.69) is 15.0 Å². The first-order chi connectivity index (χ1) is 10.1. The molecule has 114 valence electrons. The molecular formula is C11H15N5O5. The molecule has 1 aliphatic heterocycles. The van der Waals surface area contributed by atoms with Gasteiger partial charge in [0.1, 0.15) is 13.2 Å². The lowest BCUT2D eigenvalue weighted by molar-refractivity contribution is -0.128. The molecule has 2 amide bonds. The number of hydrogen-bond donors (Lipinski definition) is 1. The van der Waals surface area contributed by atoms with Gasteiger partial charge < -0.3 is 15.2 Å². The van der Waals surface area contributed by atoms with Crippen molar-refractivity contribution in [3.8, 4) is 0 Å². The Morgan fingerprint density at radius 1 is 1.48 bits per heavy atom. The first kappa shape index (κ1) is 14.9. The Morgan fingerprint density at radius 2 is 2.24 bits per heavy atom. The maximum absolute atomic E-state index is 12.0. The summed E-state index contributed by atoms with van der Waals surface area (Å²) in [5, 5.41) is 7.39. The lowest BCUT2D eigenvalue weighted by Crippen LogP contribution is -2.35. The molecule has 1 aromatic heterocycles. The lowest BCUT2D eigenvalue weighted by atomic mass is 10.3. The van der Waals surface area contributed by atoms with Crippen molar-refractivity contribution >= 4 is 18.0 Å². The normalized spacial score (nSPS) is 14.2. The van der Waals surface area contributed by atoms with Gasteiger partial charge in [0, 0.05) is 6.54 Å². The lowest BCUT2D eigenvalue weighted by Gasteiger charge is -2.11. The monoisotopic (exact) mass is 297 g/mol. The number of carbonyl (C=O) groups excluding carboxylic acids is 3. The largest absolute Gasteiger partial charge is 0.461 e. The second-order valence-corrected chi connectivity index (χ2v) is 4.13. The Labute approximate surface area is 119 Å². The fourth-order valence-corrected chi connectivity index (χ4v) is 1.85. The molecule has 10 heteroatoms. The summed E-state index contributed by atoms with van der Waals surface area (Å²) in [4.78, 5) is 35.9. The van der Waals surface area contributed by atoms with E-state index < -0.39 is 18.0 Å². The Morgan fingerprint density at radius 3 is 2.81 bits per heavy atom. The summed E-state index contributed by atoms with van der Waals surface area (Å²) in [5.74, 6) is -1.16. The quantitative estimate of drug-likeness (QED) is 0.677. The van der Waals surface area contributed by atoms with Crippen molar-refractivity contribution in [1.29, 1.82) is 0 Å². The van der Waals surface area contributed by atoms with E-state index in [9.17, 15) is 14.4 Å². The number of hydrogen-bond acceptors (Lipinski definition) is 8. The van der Waals surface area contributed by atoms with Crippen molar-refractivity contribution in [2.75, 3.05) is 19.8 Å². The minimum atomic E-state index is -0.694. The third-order valence-corrected chi connectivity index (χ3v) is 2.85. The minimum Gasteiger partial charge on any atom is -0.461 e. The predicted molar refractivity (Wildman–Crippen MR) is 66.9 cm³/mol. The second-order valence-electron chi connectivity index (χ2n) is 4.13. The molecule has 0 bridgehead atoms. The topological polar surface area (TPSA) is 130 Å². The number of rotatable bonds is 5.